The van der Waals surface area contributed by atoms with E-state index in [-0.39, 0.29) is 28.6 Å². The fraction of sp³-hybridized carbons (Fsp3) is 0.778. The van der Waals surface area contributed by atoms with E-state index in [1.54, 1.807) is 5.57 Å². The minimum Gasteiger partial charge on any atom is -0.393 e. The van der Waals surface area contributed by atoms with Crippen molar-refractivity contribution in [3.63, 3.8) is 0 Å². The molecule has 0 aromatic heterocycles. The van der Waals surface area contributed by atoms with Gasteiger partial charge in [0, 0.05) is 25.2 Å². The topological polar surface area (TPSA) is 54.4 Å². The van der Waals surface area contributed by atoms with Gasteiger partial charge in [-0.15, -0.1) is 0 Å². The number of carbonyl (C=O) groups is 2. The zero-order chi connectivity index (χ0) is 21.8. The first-order valence-corrected chi connectivity index (χ1v) is 12.2. The molecule has 3 fully saturated rings. The van der Waals surface area contributed by atoms with Gasteiger partial charge in [-0.25, -0.2) is 0 Å². The van der Waals surface area contributed by atoms with Gasteiger partial charge in [0.15, 0.2) is 5.78 Å². The van der Waals surface area contributed by atoms with Gasteiger partial charge < -0.3 is 5.11 Å². The van der Waals surface area contributed by atoms with Crippen LogP contribution in [0.2, 0.25) is 0 Å². The Balaban J connectivity index is 1.62. The number of hydrogen-bond acceptors (Lipinski definition) is 3. The quantitative estimate of drug-likeness (QED) is 0.478. The van der Waals surface area contributed by atoms with Crippen LogP contribution < -0.4 is 0 Å². The molecule has 4 aliphatic carbocycles. The van der Waals surface area contributed by atoms with Gasteiger partial charge in [0.25, 0.3) is 0 Å². The van der Waals surface area contributed by atoms with Crippen LogP contribution in [0.25, 0.3) is 0 Å². The summed E-state index contributed by atoms with van der Waals surface area (Å²) in [6, 6.07) is 0. The highest BCUT2D eigenvalue weighted by molar-refractivity contribution is 5.90. The smallest absolute Gasteiger partial charge is 0.155 e. The summed E-state index contributed by atoms with van der Waals surface area (Å²) in [5.74, 6) is 2.52. The third kappa shape index (κ3) is 3.45. The molecule has 0 aliphatic heterocycles. The van der Waals surface area contributed by atoms with Crippen molar-refractivity contribution in [1.29, 1.82) is 0 Å². The normalized spacial score (nSPS) is 43.7. The van der Waals surface area contributed by atoms with Crippen LogP contribution in [0.1, 0.15) is 86.0 Å². The van der Waals surface area contributed by atoms with Crippen molar-refractivity contribution in [2.45, 2.75) is 92.1 Å². The molecule has 3 saturated carbocycles. The average molecular weight is 413 g/mol. The van der Waals surface area contributed by atoms with Crippen molar-refractivity contribution in [2.75, 3.05) is 0 Å². The van der Waals surface area contributed by atoms with Crippen LogP contribution in [0.3, 0.4) is 0 Å². The first kappa shape index (κ1) is 22.0. The Morgan fingerprint density at radius 1 is 1.27 bits per heavy atom. The molecule has 30 heavy (non-hydrogen) atoms. The van der Waals surface area contributed by atoms with Crippen LogP contribution in [0.4, 0.5) is 0 Å². The average Bonchev–Trinajstić information content (AvgIpc) is 3.00. The second kappa shape index (κ2) is 7.73. The molecule has 166 valence electrons. The third-order valence-corrected chi connectivity index (χ3v) is 9.41. The Kier molecular flexibility index (Phi) is 5.66. The summed E-state index contributed by atoms with van der Waals surface area (Å²) in [5.41, 5.74) is 2.95. The van der Waals surface area contributed by atoms with Crippen molar-refractivity contribution >= 4 is 11.6 Å². The Bertz CT molecular complexity index is 790. The summed E-state index contributed by atoms with van der Waals surface area (Å²) >= 11 is 0. The van der Waals surface area contributed by atoms with E-state index in [0.717, 1.165) is 25.7 Å². The number of aliphatic hydroxyl groups excluding tert-OH is 1. The monoisotopic (exact) mass is 412 g/mol. The fourth-order valence-corrected chi connectivity index (χ4v) is 7.93. The molecule has 0 bridgehead atoms. The highest BCUT2D eigenvalue weighted by atomic mass is 16.3. The summed E-state index contributed by atoms with van der Waals surface area (Å²) < 4.78 is 0. The van der Waals surface area contributed by atoms with Gasteiger partial charge in [0.1, 0.15) is 5.78 Å². The van der Waals surface area contributed by atoms with Gasteiger partial charge in [0.2, 0.25) is 0 Å². The number of Topliss-reactive ketones (excluding diaryl/α,β-unsaturated/α-hetero) is 1. The maximum atomic E-state index is 12.4. The zero-order valence-electron chi connectivity index (χ0n) is 19.5. The molecule has 0 aromatic rings. The number of rotatable bonds is 4. The van der Waals surface area contributed by atoms with E-state index in [0.29, 0.717) is 48.7 Å². The van der Waals surface area contributed by atoms with Gasteiger partial charge in [-0.3, -0.25) is 9.59 Å². The van der Waals surface area contributed by atoms with Gasteiger partial charge in [-0.05, 0) is 79.6 Å². The highest BCUT2D eigenvalue weighted by Gasteiger charge is 2.59. The number of aliphatic hydroxyl groups is 1. The van der Waals surface area contributed by atoms with Crippen molar-refractivity contribution < 1.29 is 14.7 Å². The summed E-state index contributed by atoms with van der Waals surface area (Å²) in [5, 5.41) is 11.1. The molecule has 0 unspecified atom stereocenters. The Morgan fingerprint density at radius 3 is 2.70 bits per heavy atom. The van der Waals surface area contributed by atoms with E-state index in [2.05, 4.69) is 40.7 Å². The molecule has 0 aromatic carbocycles. The third-order valence-electron chi connectivity index (χ3n) is 9.41. The molecule has 0 heterocycles. The molecule has 0 radical (unpaired) electrons. The lowest BCUT2D eigenvalue weighted by molar-refractivity contribution is -0.130. The van der Waals surface area contributed by atoms with E-state index in [4.69, 9.17) is 0 Å². The first-order valence-electron chi connectivity index (χ1n) is 12.2. The lowest BCUT2D eigenvalue weighted by Gasteiger charge is -2.57. The Hall–Kier alpha value is -1.22. The molecule has 1 N–H and O–H groups in total. The van der Waals surface area contributed by atoms with Gasteiger partial charge in [-0.2, -0.15) is 0 Å². The molecule has 4 aliphatic rings. The molecule has 3 nitrogen and oxygen atoms in total. The summed E-state index contributed by atoms with van der Waals surface area (Å²) in [6.07, 6.45) is 11.0. The number of hydrogen-bond donors (Lipinski definition) is 1. The minimum atomic E-state index is -0.368. The number of fused-ring (bicyclic) bond motifs is 5. The number of ketones is 2. The van der Waals surface area contributed by atoms with Gasteiger partial charge in [-0.1, -0.05) is 44.9 Å². The molecular weight excluding hydrogens is 372 g/mol. The maximum absolute atomic E-state index is 12.4. The highest BCUT2D eigenvalue weighted by Crippen LogP contribution is 2.66. The van der Waals surface area contributed by atoms with Gasteiger partial charge in [0.05, 0.1) is 6.10 Å². The molecule has 3 heteroatoms. The van der Waals surface area contributed by atoms with Crippen LogP contribution in [0, 0.1) is 40.4 Å². The molecule has 0 saturated heterocycles. The zero-order valence-corrected chi connectivity index (χ0v) is 19.5. The predicted molar refractivity (Wildman–Crippen MR) is 120 cm³/mol. The van der Waals surface area contributed by atoms with Crippen LogP contribution in [-0.4, -0.2) is 22.8 Å². The van der Waals surface area contributed by atoms with Gasteiger partial charge >= 0.3 is 0 Å². The van der Waals surface area contributed by atoms with Crippen LogP contribution in [-0.2, 0) is 9.59 Å². The standard InChI is InChI=1S/C27H40O3/c1-16(2)12-19(29)13-17(3)21-6-7-22-20-15-25(30)24-14-18(28)8-10-27(24,5)23(20)9-11-26(21,22)4/h9,13,16,20-22,24-25,30H,6-8,10-12,14-15H2,1-5H3/b17-13-/t20-,21+,22-,24+,25-,26+,27+/m0/s1. The summed E-state index contributed by atoms with van der Waals surface area (Å²) in [4.78, 5) is 24.5. The van der Waals surface area contributed by atoms with E-state index in [1.807, 2.05) is 6.08 Å². The van der Waals surface area contributed by atoms with E-state index in [9.17, 15) is 14.7 Å². The lowest BCUT2D eigenvalue weighted by atomic mass is 9.48. The van der Waals surface area contributed by atoms with Crippen molar-refractivity contribution in [3.05, 3.63) is 23.3 Å². The lowest BCUT2D eigenvalue weighted by Crippen LogP contribution is -2.53. The number of allylic oxidation sites excluding steroid dienone is 4. The predicted octanol–water partition coefficient (Wildman–Crippen LogP) is 5.67. The SMILES string of the molecule is C/C(=C/C(=O)CC(C)C)[C@H]1CC[C@H]2[C@@H]3C[C@H](O)[C@H]4CC(=O)CC[C@]4(C)C3=CC[C@]12C. The molecule has 0 spiro atoms. The van der Waals surface area contributed by atoms with E-state index in [1.165, 1.54) is 12.0 Å². The molecule has 7 atom stereocenters. The van der Waals surface area contributed by atoms with Crippen LogP contribution >= 0.6 is 0 Å². The van der Waals surface area contributed by atoms with Crippen molar-refractivity contribution in [3.8, 4) is 0 Å². The Labute approximate surface area is 182 Å². The number of carbonyl (C=O) groups excluding carboxylic acids is 2. The minimum absolute atomic E-state index is 0.0201. The van der Waals surface area contributed by atoms with E-state index < -0.39 is 0 Å². The maximum Gasteiger partial charge on any atom is 0.155 e. The molecular formula is C27H40O3. The van der Waals surface area contributed by atoms with Crippen molar-refractivity contribution in [2.24, 2.45) is 40.4 Å². The molecule has 4 rings (SSSR count). The largest absolute Gasteiger partial charge is 0.393 e. The van der Waals surface area contributed by atoms with E-state index >= 15 is 0 Å². The molecule has 0 amide bonds. The fourth-order valence-electron chi connectivity index (χ4n) is 7.93. The van der Waals surface area contributed by atoms with Crippen molar-refractivity contribution in [1.82, 2.24) is 0 Å². The second-order valence-electron chi connectivity index (χ2n) is 11.7. The van der Waals surface area contributed by atoms with Crippen LogP contribution in [0.15, 0.2) is 23.3 Å². The Morgan fingerprint density at radius 2 is 2.00 bits per heavy atom. The first-order chi connectivity index (χ1) is 14.1. The second-order valence-corrected chi connectivity index (χ2v) is 11.7. The summed E-state index contributed by atoms with van der Waals surface area (Å²) in [7, 11) is 0. The van der Waals surface area contributed by atoms with Crippen LogP contribution in [0.5, 0.6) is 0 Å². The summed E-state index contributed by atoms with van der Waals surface area (Å²) in [6.45, 7) is 11.1.